The van der Waals surface area contributed by atoms with Crippen molar-refractivity contribution in [2.75, 3.05) is 12.4 Å². The molecule has 0 aliphatic heterocycles. The maximum Gasteiger partial charge on any atom is 0.416 e. The van der Waals surface area contributed by atoms with Crippen LogP contribution in [0, 0.1) is 0 Å². The molecular formula is C24H18F3N3O2. The molecule has 1 heterocycles. The number of benzene rings is 3. The molecule has 3 aromatic carbocycles. The number of nitrogens with zero attached hydrogens (tertiary/aromatic N) is 1. The van der Waals surface area contributed by atoms with E-state index in [1.165, 1.54) is 19.2 Å². The maximum atomic E-state index is 12.7. The summed E-state index contributed by atoms with van der Waals surface area (Å²) < 4.78 is 42.7. The van der Waals surface area contributed by atoms with Gasteiger partial charge >= 0.3 is 12.3 Å². The summed E-state index contributed by atoms with van der Waals surface area (Å²) in [7, 11) is 1.30. The van der Waals surface area contributed by atoms with Crippen LogP contribution in [-0.2, 0) is 10.9 Å². The summed E-state index contributed by atoms with van der Waals surface area (Å²) in [5.74, 6) is 0.568. The number of imidazole rings is 1. The predicted molar refractivity (Wildman–Crippen MR) is 118 cm³/mol. The Balaban J connectivity index is 1.59. The fourth-order valence-corrected chi connectivity index (χ4v) is 3.24. The van der Waals surface area contributed by atoms with E-state index in [4.69, 9.17) is 0 Å². The number of aromatic amines is 1. The van der Waals surface area contributed by atoms with E-state index < -0.39 is 17.8 Å². The van der Waals surface area contributed by atoms with E-state index in [0.717, 1.165) is 28.8 Å². The summed E-state index contributed by atoms with van der Waals surface area (Å²) in [6, 6.07) is 17.9. The minimum Gasteiger partial charge on any atom is -0.453 e. The van der Waals surface area contributed by atoms with Gasteiger partial charge in [0.05, 0.1) is 29.4 Å². The van der Waals surface area contributed by atoms with Crippen LogP contribution in [0.4, 0.5) is 23.7 Å². The zero-order chi connectivity index (χ0) is 22.7. The molecule has 2 N–H and O–H groups in total. The molecule has 0 saturated carbocycles. The summed E-state index contributed by atoms with van der Waals surface area (Å²) >= 11 is 0. The quantitative estimate of drug-likeness (QED) is 0.378. The Bertz CT molecular complexity index is 1290. The van der Waals surface area contributed by atoms with Crippen LogP contribution in [0.25, 0.3) is 34.3 Å². The van der Waals surface area contributed by atoms with Crippen LogP contribution in [-0.4, -0.2) is 23.2 Å². The van der Waals surface area contributed by atoms with E-state index in [1.54, 1.807) is 18.2 Å². The second kappa shape index (κ2) is 8.58. The number of nitrogens with one attached hydrogen (secondary N) is 2. The molecule has 162 valence electrons. The van der Waals surface area contributed by atoms with Crippen molar-refractivity contribution in [1.29, 1.82) is 0 Å². The summed E-state index contributed by atoms with van der Waals surface area (Å²) in [6.07, 6.45) is -1.53. The Morgan fingerprint density at radius 3 is 2.50 bits per heavy atom. The van der Waals surface area contributed by atoms with E-state index in [0.29, 0.717) is 22.6 Å². The summed E-state index contributed by atoms with van der Waals surface area (Å²) in [6.45, 7) is 0. The minimum absolute atomic E-state index is 0.561. The first-order valence-corrected chi connectivity index (χ1v) is 9.63. The normalized spacial score (nSPS) is 11.8. The number of halogens is 3. The Hall–Kier alpha value is -4.07. The molecule has 0 aliphatic carbocycles. The number of ether oxygens (including phenoxy) is 1. The first kappa shape index (κ1) is 21.2. The number of aromatic nitrogens is 2. The number of para-hydroxylation sites is 1. The van der Waals surface area contributed by atoms with Crippen molar-refractivity contribution in [2.24, 2.45) is 0 Å². The number of hydrogen-bond donors (Lipinski definition) is 2. The fraction of sp³-hybridized carbons (Fsp3) is 0.0833. The third-order valence-electron chi connectivity index (χ3n) is 4.83. The van der Waals surface area contributed by atoms with Crippen LogP contribution in [0.5, 0.6) is 0 Å². The third-order valence-corrected chi connectivity index (χ3v) is 4.83. The average molecular weight is 437 g/mol. The van der Waals surface area contributed by atoms with Gasteiger partial charge in [-0.3, -0.25) is 5.32 Å². The summed E-state index contributed by atoms with van der Waals surface area (Å²) in [5, 5.41) is 2.69. The number of alkyl halides is 3. The number of fused-ring (bicyclic) bond motifs is 1. The molecule has 0 spiro atoms. The van der Waals surface area contributed by atoms with Gasteiger partial charge in [-0.05, 0) is 47.5 Å². The van der Waals surface area contributed by atoms with Crippen LogP contribution >= 0.6 is 0 Å². The topological polar surface area (TPSA) is 67.0 Å². The van der Waals surface area contributed by atoms with E-state index in [-0.39, 0.29) is 0 Å². The molecule has 0 bridgehead atoms. The smallest absolute Gasteiger partial charge is 0.416 e. The Kier molecular flexibility index (Phi) is 5.68. The first-order valence-electron chi connectivity index (χ1n) is 9.63. The first-order chi connectivity index (χ1) is 15.3. The average Bonchev–Trinajstić information content (AvgIpc) is 3.20. The van der Waals surface area contributed by atoms with Gasteiger partial charge in [-0.2, -0.15) is 13.2 Å². The highest BCUT2D eigenvalue weighted by Gasteiger charge is 2.29. The molecule has 8 heteroatoms. The number of rotatable bonds is 4. The molecule has 0 fully saturated rings. The van der Waals surface area contributed by atoms with Gasteiger partial charge in [0.1, 0.15) is 5.82 Å². The van der Waals surface area contributed by atoms with Crippen molar-refractivity contribution < 1.29 is 22.7 Å². The van der Waals surface area contributed by atoms with Crippen molar-refractivity contribution in [3.05, 3.63) is 83.7 Å². The molecule has 32 heavy (non-hydrogen) atoms. The van der Waals surface area contributed by atoms with Gasteiger partial charge in [0, 0.05) is 5.56 Å². The molecule has 4 rings (SSSR count). The molecule has 0 unspecified atom stereocenters. The van der Waals surface area contributed by atoms with E-state index in [9.17, 15) is 18.0 Å². The van der Waals surface area contributed by atoms with Gasteiger partial charge in [0.2, 0.25) is 0 Å². The lowest BCUT2D eigenvalue weighted by atomic mass is 10.0. The fourth-order valence-electron chi connectivity index (χ4n) is 3.24. The molecule has 1 amide bonds. The van der Waals surface area contributed by atoms with Crippen LogP contribution in [0.3, 0.4) is 0 Å². The summed E-state index contributed by atoms with van der Waals surface area (Å²) in [5.41, 5.74) is 3.73. The highest BCUT2D eigenvalue weighted by molar-refractivity contribution is 5.93. The zero-order valence-corrected chi connectivity index (χ0v) is 16.9. The van der Waals surface area contributed by atoms with Crippen LogP contribution in [0.15, 0.2) is 66.7 Å². The number of H-pyrrole nitrogens is 1. The monoisotopic (exact) mass is 437 g/mol. The number of carbonyl (C=O) groups excluding carboxylic acids is 1. The lowest BCUT2D eigenvalue weighted by molar-refractivity contribution is -0.137. The zero-order valence-electron chi connectivity index (χ0n) is 16.9. The number of carbonyl (C=O) groups is 1. The van der Waals surface area contributed by atoms with Gasteiger partial charge in [0.15, 0.2) is 0 Å². The third kappa shape index (κ3) is 4.64. The number of anilines is 1. The van der Waals surface area contributed by atoms with Crippen molar-refractivity contribution in [2.45, 2.75) is 6.18 Å². The summed E-state index contributed by atoms with van der Waals surface area (Å²) in [4.78, 5) is 19.3. The van der Waals surface area contributed by atoms with Crippen molar-refractivity contribution in [1.82, 2.24) is 9.97 Å². The van der Waals surface area contributed by atoms with Crippen LogP contribution in [0.1, 0.15) is 17.0 Å². The standard InChI is InChI=1S/C24H18F3N3O2/c1-32-23(31)30-19-5-3-2-4-18(19)16-9-12-20-21(14-16)29-22(28-20)13-8-15-6-10-17(11-7-15)24(25,26)27/h2-14H,1H3,(H,28,29)(H,30,31). The number of methoxy groups -OCH3 is 1. The van der Waals surface area contributed by atoms with Crippen molar-refractivity contribution in [3.63, 3.8) is 0 Å². The van der Waals surface area contributed by atoms with Crippen LogP contribution in [0.2, 0.25) is 0 Å². The highest BCUT2D eigenvalue weighted by atomic mass is 19.4. The Labute approximate surface area is 181 Å². The highest BCUT2D eigenvalue weighted by Crippen LogP contribution is 2.31. The lowest BCUT2D eigenvalue weighted by Gasteiger charge is -2.10. The van der Waals surface area contributed by atoms with Crippen molar-refractivity contribution in [3.8, 4) is 11.1 Å². The molecule has 0 aliphatic rings. The molecule has 5 nitrogen and oxygen atoms in total. The van der Waals surface area contributed by atoms with Crippen LogP contribution < -0.4 is 5.32 Å². The van der Waals surface area contributed by atoms with Gasteiger partial charge in [0.25, 0.3) is 0 Å². The molecular weight excluding hydrogens is 419 g/mol. The van der Waals surface area contributed by atoms with E-state index >= 15 is 0 Å². The van der Waals surface area contributed by atoms with E-state index in [1.807, 2.05) is 36.4 Å². The Morgan fingerprint density at radius 1 is 1.03 bits per heavy atom. The second-order valence-corrected chi connectivity index (χ2v) is 6.97. The predicted octanol–water partition coefficient (Wildman–Crippen LogP) is 6.60. The largest absolute Gasteiger partial charge is 0.453 e. The molecule has 1 aromatic heterocycles. The lowest BCUT2D eigenvalue weighted by Crippen LogP contribution is -2.11. The molecule has 0 atom stereocenters. The number of hydrogen-bond acceptors (Lipinski definition) is 3. The SMILES string of the molecule is COC(=O)Nc1ccccc1-c1ccc2[nH]c(C=Cc3ccc(C(F)(F)F)cc3)nc2c1. The van der Waals surface area contributed by atoms with Gasteiger partial charge in [-0.25, -0.2) is 9.78 Å². The maximum absolute atomic E-state index is 12.7. The second-order valence-electron chi connectivity index (χ2n) is 6.97. The van der Waals surface area contributed by atoms with E-state index in [2.05, 4.69) is 20.0 Å². The Morgan fingerprint density at radius 2 is 1.78 bits per heavy atom. The molecule has 0 radical (unpaired) electrons. The van der Waals surface area contributed by atoms with Gasteiger partial charge < -0.3 is 9.72 Å². The van der Waals surface area contributed by atoms with Gasteiger partial charge in [-0.15, -0.1) is 0 Å². The molecule has 4 aromatic rings. The minimum atomic E-state index is -4.36. The number of amides is 1. The van der Waals surface area contributed by atoms with Gasteiger partial charge in [-0.1, -0.05) is 42.5 Å². The van der Waals surface area contributed by atoms with Crippen molar-refractivity contribution >= 4 is 35.0 Å². The molecule has 0 saturated heterocycles.